The van der Waals surface area contributed by atoms with Gasteiger partial charge in [-0.25, -0.2) is 0 Å². The molecule has 0 radical (unpaired) electrons. The highest BCUT2D eigenvalue weighted by molar-refractivity contribution is 5.66. The number of nitro groups is 1. The monoisotopic (exact) mass is 235 g/mol. The van der Waals surface area contributed by atoms with Gasteiger partial charge in [-0.15, -0.1) is 0 Å². The van der Waals surface area contributed by atoms with E-state index in [1.807, 2.05) is 12.1 Å². The molecule has 0 aromatic heterocycles. The van der Waals surface area contributed by atoms with Crippen LogP contribution in [-0.4, -0.2) is 30.6 Å². The maximum absolute atomic E-state index is 11.1. The van der Waals surface area contributed by atoms with Crippen LogP contribution < -0.4 is 10.2 Å². The van der Waals surface area contributed by atoms with Gasteiger partial charge in [0.2, 0.25) is 0 Å². The summed E-state index contributed by atoms with van der Waals surface area (Å²) in [5, 5.41) is 14.5. The lowest BCUT2D eigenvalue weighted by Crippen LogP contribution is -2.49. The van der Waals surface area contributed by atoms with Gasteiger partial charge in [0.25, 0.3) is 5.69 Å². The number of nitrogens with zero attached hydrogens (tertiary/aromatic N) is 2. The summed E-state index contributed by atoms with van der Waals surface area (Å²) in [5.41, 5.74) is 1.70. The predicted molar refractivity (Wildman–Crippen MR) is 67.5 cm³/mol. The number of rotatable bonds is 2. The van der Waals surface area contributed by atoms with E-state index in [1.54, 1.807) is 13.0 Å². The molecule has 0 bridgehead atoms. The second kappa shape index (κ2) is 4.71. The van der Waals surface area contributed by atoms with E-state index >= 15 is 0 Å². The Labute approximate surface area is 101 Å². The number of aryl methyl sites for hydroxylation is 1. The molecule has 1 aliphatic heterocycles. The first-order valence-electron chi connectivity index (χ1n) is 5.82. The molecule has 17 heavy (non-hydrogen) atoms. The topological polar surface area (TPSA) is 58.4 Å². The van der Waals surface area contributed by atoms with Crippen molar-refractivity contribution in [3.63, 3.8) is 0 Å². The normalized spacial score (nSPS) is 20.4. The summed E-state index contributed by atoms with van der Waals surface area (Å²) < 4.78 is 0. The van der Waals surface area contributed by atoms with Crippen LogP contribution in [0.25, 0.3) is 0 Å². The second-order valence-electron chi connectivity index (χ2n) is 4.50. The number of para-hydroxylation sites is 1. The molecule has 0 spiro atoms. The fraction of sp³-hybridized carbons (Fsp3) is 0.500. The largest absolute Gasteiger partial charge is 0.363 e. The maximum Gasteiger partial charge on any atom is 0.295 e. The molecule has 0 aliphatic carbocycles. The SMILES string of the molecule is Cc1cccc(N2CCNC(C)C2)c1[N+](=O)[O-]. The maximum atomic E-state index is 11.1. The molecule has 1 atom stereocenters. The van der Waals surface area contributed by atoms with E-state index in [-0.39, 0.29) is 10.6 Å². The van der Waals surface area contributed by atoms with Crippen molar-refractivity contribution in [2.24, 2.45) is 0 Å². The third kappa shape index (κ3) is 2.39. The fourth-order valence-electron chi connectivity index (χ4n) is 2.29. The first-order valence-corrected chi connectivity index (χ1v) is 5.82. The van der Waals surface area contributed by atoms with Crippen molar-refractivity contribution in [3.05, 3.63) is 33.9 Å². The van der Waals surface area contributed by atoms with Crippen molar-refractivity contribution < 1.29 is 4.92 Å². The summed E-state index contributed by atoms with van der Waals surface area (Å²) in [6.07, 6.45) is 0. The summed E-state index contributed by atoms with van der Waals surface area (Å²) in [6, 6.07) is 5.87. The molecule has 2 rings (SSSR count). The van der Waals surface area contributed by atoms with E-state index in [0.717, 1.165) is 30.9 Å². The quantitative estimate of drug-likeness (QED) is 0.626. The molecule has 0 amide bonds. The molecule has 92 valence electrons. The van der Waals surface area contributed by atoms with Crippen LogP contribution in [0, 0.1) is 17.0 Å². The third-order valence-electron chi connectivity index (χ3n) is 3.11. The molecule has 1 aromatic carbocycles. The van der Waals surface area contributed by atoms with E-state index in [2.05, 4.69) is 17.1 Å². The van der Waals surface area contributed by atoms with Crippen molar-refractivity contribution in [3.8, 4) is 0 Å². The van der Waals surface area contributed by atoms with Crippen LogP contribution in [-0.2, 0) is 0 Å². The van der Waals surface area contributed by atoms with Crippen molar-refractivity contribution in [1.29, 1.82) is 0 Å². The van der Waals surface area contributed by atoms with Crippen LogP contribution in [0.4, 0.5) is 11.4 Å². The van der Waals surface area contributed by atoms with Crippen molar-refractivity contribution in [1.82, 2.24) is 5.32 Å². The van der Waals surface area contributed by atoms with Gasteiger partial charge in [-0.3, -0.25) is 10.1 Å². The van der Waals surface area contributed by atoms with E-state index in [4.69, 9.17) is 0 Å². The van der Waals surface area contributed by atoms with Crippen LogP contribution in [0.15, 0.2) is 18.2 Å². The first kappa shape index (κ1) is 11.9. The Hall–Kier alpha value is -1.62. The molecule has 1 aliphatic rings. The van der Waals surface area contributed by atoms with Gasteiger partial charge in [-0.05, 0) is 19.9 Å². The molecular formula is C12H17N3O2. The lowest BCUT2D eigenvalue weighted by molar-refractivity contribution is -0.384. The van der Waals surface area contributed by atoms with Crippen molar-refractivity contribution >= 4 is 11.4 Å². The van der Waals surface area contributed by atoms with Crippen molar-refractivity contribution in [2.75, 3.05) is 24.5 Å². The number of hydrogen-bond donors (Lipinski definition) is 1. The van der Waals surface area contributed by atoms with Gasteiger partial charge in [0, 0.05) is 31.2 Å². The zero-order valence-electron chi connectivity index (χ0n) is 10.1. The van der Waals surface area contributed by atoms with Crippen molar-refractivity contribution in [2.45, 2.75) is 19.9 Å². The lowest BCUT2D eigenvalue weighted by atomic mass is 10.1. The van der Waals surface area contributed by atoms with Crippen LogP contribution in [0.1, 0.15) is 12.5 Å². The highest BCUT2D eigenvalue weighted by Gasteiger charge is 2.24. The van der Waals surface area contributed by atoms with E-state index in [0.29, 0.717) is 6.04 Å². The minimum absolute atomic E-state index is 0.238. The molecule has 1 unspecified atom stereocenters. The first-order chi connectivity index (χ1) is 8.09. The Bertz CT molecular complexity index is 434. The van der Waals surface area contributed by atoms with Gasteiger partial charge < -0.3 is 10.2 Å². The summed E-state index contributed by atoms with van der Waals surface area (Å²) in [7, 11) is 0. The number of benzene rings is 1. The van der Waals surface area contributed by atoms with E-state index in [9.17, 15) is 10.1 Å². The molecular weight excluding hydrogens is 218 g/mol. The molecule has 0 saturated carbocycles. The van der Waals surface area contributed by atoms with Crippen LogP contribution >= 0.6 is 0 Å². The van der Waals surface area contributed by atoms with Gasteiger partial charge in [0.15, 0.2) is 0 Å². The Morgan fingerprint density at radius 1 is 1.53 bits per heavy atom. The number of anilines is 1. The van der Waals surface area contributed by atoms with Gasteiger partial charge in [-0.1, -0.05) is 12.1 Å². The minimum Gasteiger partial charge on any atom is -0.363 e. The summed E-state index contributed by atoms with van der Waals surface area (Å²) in [4.78, 5) is 12.9. The summed E-state index contributed by atoms with van der Waals surface area (Å²) in [6.45, 7) is 6.37. The van der Waals surface area contributed by atoms with E-state index in [1.165, 1.54) is 0 Å². The number of nitrogens with one attached hydrogen (secondary N) is 1. The smallest absolute Gasteiger partial charge is 0.295 e. The Morgan fingerprint density at radius 2 is 2.29 bits per heavy atom. The lowest BCUT2D eigenvalue weighted by Gasteiger charge is -2.33. The highest BCUT2D eigenvalue weighted by atomic mass is 16.6. The van der Waals surface area contributed by atoms with Gasteiger partial charge >= 0.3 is 0 Å². The molecule has 1 heterocycles. The van der Waals surface area contributed by atoms with Gasteiger partial charge in [-0.2, -0.15) is 0 Å². The van der Waals surface area contributed by atoms with Crippen LogP contribution in [0.5, 0.6) is 0 Å². The second-order valence-corrected chi connectivity index (χ2v) is 4.50. The molecule has 5 nitrogen and oxygen atoms in total. The molecule has 1 saturated heterocycles. The molecule has 1 aromatic rings. The Kier molecular flexibility index (Phi) is 3.28. The Balaban J connectivity index is 2.37. The molecule has 1 fully saturated rings. The molecule has 1 N–H and O–H groups in total. The number of hydrogen-bond acceptors (Lipinski definition) is 4. The van der Waals surface area contributed by atoms with E-state index < -0.39 is 0 Å². The zero-order valence-corrected chi connectivity index (χ0v) is 10.1. The third-order valence-corrected chi connectivity index (χ3v) is 3.11. The van der Waals surface area contributed by atoms with Crippen LogP contribution in [0.2, 0.25) is 0 Å². The average Bonchev–Trinajstić information content (AvgIpc) is 2.28. The zero-order chi connectivity index (χ0) is 12.4. The number of nitro benzene ring substituents is 1. The summed E-state index contributed by atoms with van der Waals surface area (Å²) >= 11 is 0. The minimum atomic E-state index is -0.280. The fourth-order valence-corrected chi connectivity index (χ4v) is 2.29. The van der Waals surface area contributed by atoms with Crippen LogP contribution in [0.3, 0.4) is 0 Å². The Morgan fingerprint density at radius 3 is 2.94 bits per heavy atom. The summed E-state index contributed by atoms with van der Waals surface area (Å²) in [5.74, 6) is 0. The highest BCUT2D eigenvalue weighted by Crippen LogP contribution is 2.31. The molecule has 5 heteroatoms. The standard InChI is InChI=1S/C12H17N3O2/c1-9-4-3-5-11(12(9)15(16)17)14-7-6-13-10(2)8-14/h3-5,10,13H,6-8H2,1-2H3. The van der Waals surface area contributed by atoms with Gasteiger partial charge in [0.05, 0.1) is 4.92 Å². The average molecular weight is 235 g/mol. The van der Waals surface area contributed by atoms with Gasteiger partial charge in [0.1, 0.15) is 5.69 Å². The predicted octanol–water partition coefficient (Wildman–Crippen LogP) is 1.70. The number of piperazine rings is 1.